The average molecular weight is 292 g/mol. The summed E-state index contributed by atoms with van der Waals surface area (Å²) in [6.45, 7) is 12.6. The molecule has 1 fully saturated rings. The van der Waals surface area contributed by atoms with Gasteiger partial charge in [0, 0.05) is 44.6 Å². The molecule has 1 N–H and O–H groups in total. The second-order valence-corrected chi connectivity index (χ2v) is 6.58. The van der Waals surface area contributed by atoms with Gasteiger partial charge in [0.1, 0.15) is 0 Å². The summed E-state index contributed by atoms with van der Waals surface area (Å²) in [7, 11) is 0. The lowest BCUT2D eigenvalue weighted by Gasteiger charge is -2.36. The quantitative estimate of drug-likeness (QED) is 0.902. The molecule has 1 aliphatic heterocycles. The van der Waals surface area contributed by atoms with Gasteiger partial charge in [-0.1, -0.05) is 13.8 Å². The lowest BCUT2D eigenvalue weighted by molar-refractivity contribution is 0.138. The minimum atomic E-state index is -0.0350. The van der Waals surface area contributed by atoms with E-state index in [1.807, 2.05) is 6.92 Å². The van der Waals surface area contributed by atoms with Crippen LogP contribution in [0.15, 0.2) is 17.2 Å². The van der Waals surface area contributed by atoms with E-state index in [0.29, 0.717) is 12.4 Å². The smallest absolute Gasteiger partial charge is 0.293 e. The van der Waals surface area contributed by atoms with Gasteiger partial charge in [-0.05, 0) is 32.1 Å². The van der Waals surface area contributed by atoms with E-state index in [2.05, 4.69) is 36.0 Å². The number of hydrogen-bond donors (Lipinski definition) is 1. The third-order valence-corrected chi connectivity index (χ3v) is 4.11. The van der Waals surface area contributed by atoms with Crippen molar-refractivity contribution in [3.05, 3.63) is 22.7 Å². The van der Waals surface area contributed by atoms with Gasteiger partial charge in [-0.25, -0.2) is 4.98 Å². The molecule has 21 heavy (non-hydrogen) atoms. The molecule has 1 aromatic rings. The van der Waals surface area contributed by atoms with Crippen molar-refractivity contribution in [3.63, 3.8) is 0 Å². The fraction of sp³-hybridized carbons (Fsp3) is 0.750. The van der Waals surface area contributed by atoms with Gasteiger partial charge in [0.05, 0.1) is 0 Å². The molecule has 1 aliphatic rings. The molecule has 2 rings (SSSR count). The number of hydrogen-bond acceptors (Lipinski definition) is 4. The molecular weight excluding hydrogens is 264 g/mol. The van der Waals surface area contributed by atoms with E-state index in [1.165, 1.54) is 6.42 Å². The Morgan fingerprint density at radius 3 is 2.67 bits per heavy atom. The summed E-state index contributed by atoms with van der Waals surface area (Å²) >= 11 is 0. The third kappa shape index (κ3) is 4.30. The maximum Gasteiger partial charge on any atom is 0.293 e. The zero-order valence-corrected chi connectivity index (χ0v) is 13.7. The van der Waals surface area contributed by atoms with Crippen LogP contribution >= 0.6 is 0 Å². The minimum Gasteiger partial charge on any atom is -0.362 e. The average Bonchev–Trinajstić information content (AvgIpc) is 2.40. The molecule has 1 aromatic heterocycles. The summed E-state index contributed by atoms with van der Waals surface area (Å²) in [6.07, 6.45) is 4.73. The number of rotatable bonds is 5. The fourth-order valence-electron chi connectivity index (χ4n) is 3.40. The highest BCUT2D eigenvalue weighted by Gasteiger charge is 2.23. The van der Waals surface area contributed by atoms with Gasteiger partial charge < -0.3 is 14.8 Å². The Balaban J connectivity index is 1.95. The Bertz CT molecular complexity index is 503. The van der Waals surface area contributed by atoms with Crippen LogP contribution in [0, 0.1) is 11.8 Å². The number of likely N-dealkylation sites (tertiary alicyclic amines) is 1. The van der Waals surface area contributed by atoms with Gasteiger partial charge >= 0.3 is 0 Å². The maximum absolute atomic E-state index is 12.2. The summed E-state index contributed by atoms with van der Waals surface area (Å²) in [5.41, 5.74) is -0.0350. The Morgan fingerprint density at radius 1 is 1.38 bits per heavy atom. The molecule has 1 saturated heterocycles. The van der Waals surface area contributed by atoms with Gasteiger partial charge in [0.25, 0.3) is 5.56 Å². The second-order valence-electron chi connectivity index (χ2n) is 6.58. The molecule has 0 saturated carbocycles. The molecule has 2 heterocycles. The zero-order chi connectivity index (χ0) is 15.4. The van der Waals surface area contributed by atoms with E-state index in [1.54, 1.807) is 17.0 Å². The number of anilines is 1. The number of nitrogens with one attached hydrogen (secondary N) is 1. The summed E-state index contributed by atoms with van der Waals surface area (Å²) < 4.78 is 1.67. The molecule has 5 nitrogen and oxygen atoms in total. The maximum atomic E-state index is 12.2. The minimum absolute atomic E-state index is 0.0350. The van der Waals surface area contributed by atoms with Crippen LogP contribution in [-0.4, -0.2) is 40.1 Å². The highest BCUT2D eigenvalue weighted by Crippen LogP contribution is 2.21. The van der Waals surface area contributed by atoms with Crippen molar-refractivity contribution in [1.29, 1.82) is 0 Å². The van der Waals surface area contributed by atoms with Gasteiger partial charge in [-0.2, -0.15) is 0 Å². The van der Waals surface area contributed by atoms with Crippen LogP contribution in [0.3, 0.4) is 0 Å². The summed E-state index contributed by atoms with van der Waals surface area (Å²) in [5, 5.41) is 3.28. The second kappa shape index (κ2) is 7.07. The van der Waals surface area contributed by atoms with Crippen molar-refractivity contribution in [1.82, 2.24) is 14.5 Å². The molecule has 3 atom stereocenters. The van der Waals surface area contributed by atoms with Crippen molar-refractivity contribution < 1.29 is 0 Å². The van der Waals surface area contributed by atoms with E-state index in [-0.39, 0.29) is 11.6 Å². The Labute approximate surface area is 127 Å². The molecule has 0 spiro atoms. The summed E-state index contributed by atoms with van der Waals surface area (Å²) in [6, 6.07) is 0.218. The molecule has 0 aromatic carbocycles. The van der Waals surface area contributed by atoms with Crippen LogP contribution in [0.2, 0.25) is 0 Å². The largest absolute Gasteiger partial charge is 0.362 e. The van der Waals surface area contributed by atoms with Crippen molar-refractivity contribution in [2.24, 2.45) is 11.8 Å². The van der Waals surface area contributed by atoms with Gasteiger partial charge in [-0.15, -0.1) is 0 Å². The van der Waals surface area contributed by atoms with Crippen molar-refractivity contribution in [2.45, 2.75) is 46.7 Å². The van der Waals surface area contributed by atoms with Crippen LogP contribution in [-0.2, 0) is 6.54 Å². The first-order valence-corrected chi connectivity index (χ1v) is 8.04. The van der Waals surface area contributed by atoms with Crippen LogP contribution in [0.4, 0.5) is 5.82 Å². The number of aromatic nitrogens is 2. The van der Waals surface area contributed by atoms with Gasteiger partial charge in [0.2, 0.25) is 0 Å². The van der Waals surface area contributed by atoms with E-state index < -0.39 is 0 Å². The van der Waals surface area contributed by atoms with Crippen LogP contribution in [0.1, 0.15) is 34.1 Å². The molecule has 0 radical (unpaired) electrons. The molecule has 3 unspecified atom stereocenters. The van der Waals surface area contributed by atoms with Crippen LogP contribution in [0.25, 0.3) is 0 Å². The highest BCUT2D eigenvalue weighted by molar-refractivity contribution is 5.32. The van der Waals surface area contributed by atoms with E-state index >= 15 is 0 Å². The lowest BCUT2D eigenvalue weighted by Crippen LogP contribution is -2.44. The molecule has 0 bridgehead atoms. The van der Waals surface area contributed by atoms with E-state index in [9.17, 15) is 4.79 Å². The Kier molecular flexibility index (Phi) is 5.39. The Morgan fingerprint density at radius 2 is 2.05 bits per heavy atom. The fourth-order valence-corrected chi connectivity index (χ4v) is 3.40. The summed E-state index contributed by atoms with van der Waals surface area (Å²) in [5.74, 6) is 1.98. The van der Waals surface area contributed by atoms with Crippen molar-refractivity contribution in [3.8, 4) is 0 Å². The monoisotopic (exact) mass is 292 g/mol. The number of piperidine rings is 1. The lowest BCUT2D eigenvalue weighted by atomic mass is 9.92. The highest BCUT2D eigenvalue weighted by atomic mass is 16.1. The van der Waals surface area contributed by atoms with E-state index in [0.717, 1.165) is 31.5 Å². The predicted octanol–water partition coefficient (Wildman–Crippen LogP) is 2.04. The van der Waals surface area contributed by atoms with Crippen LogP contribution in [0.5, 0.6) is 0 Å². The topological polar surface area (TPSA) is 50.2 Å². The third-order valence-electron chi connectivity index (χ3n) is 4.11. The van der Waals surface area contributed by atoms with Crippen molar-refractivity contribution >= 4 is 5.82 Å². The zero-order valence-electron chi connectivity index (χ0n) is 13.7. The van der Waals surface area contributed by atoms with Gasteiger partial charge in [0.15, 0.2) is 5.82 Å². The van der Waals surface area contributed by atoms with E-state index in [4.69, 9.17) is 0 Å². The molecule has 118 valence electrons. The molecular formula is C16H28N4O. The SMILES string of the molecule is CCn1ccnc(NC(C)CN2CC(C)CC(C)C2)c1=O. The normalized spacial score (nSPS) is 24.8. The number of nitrogens with zero attached hydrogens (tertiary/aromatic N) is 3. The molecule has 5 heteroatoms. The molecule has 0 amide bonds. The number of aryl methyl sites for hydroxylation is 1. The first kappa shape index (κ1) is 16.0. The van der Waals surface area contributed by atoms with Crippen LogP contribution < -0.4 is 10.9 Å². The Hall–Kier alpha value is -1.36. The summed E-state index contributed by atoms with van der Waals surface area (Å²) in [4.78, 5) is 18.8. The van der Waals surface area contributed by atoms with Crippen molar-refractivity contribution in [2.75, 3.05) is 25.0 Å². The first-order chi connectivity index (χ1) is 9.99. The first-order valence-electron chi connectivity index (χ1n) is 8.04. The predicted molar refractivity (Wildman–Crippen MR) is 86.6 cm³/mol. The molecule has 0 aliphatic carbocycles. The van der Waals surface area contributed by atoms with Gasteiger partial charge in [-0.3, -0.25) is 4.79 Å². The standard InChI is InChI=1S/C16H28N4O/c1-5-20-7-6-17-15(16(20)21)18-14(4)11-19-9-12(2)8-13(3)10-19/h6-7,12-14H,5,8-11H2,1-4H3,(H,17,18).